The zero-order chi connectivity index (χ0) is 13.7. The van der Waals surface area contributed by atoms with Crippen LogP contribution in [0, 0.1) is 5.92 Å². The summed E-state index contributed by atoms with van der Waals surface area (Å²) >= 11 is 1.83. The minimum atomic E-state index is -0.196. The van der Waals surface area contributed by atoms with E-state index in [-0.39, 0.29) is 5.54 Å². The SMILES string of the molecule is CC1CCC(N)(c2nc3c(s2)CCc2occc2-3)CC1. The monoisotopic (exact) mass is 288 g/mol. The van der Waals surface area contributed by atoms with E-state index in [4.69, 9.17) is 15.1 Å². The van der Waals surface area contributed by atoms with Crippen LogP contribution < -0.4 is 5.73 Å². The first-order valence-electron chi connectivity index (χ1n) is 7.51. The van der Waals surface area contributed by atoms with E-state index in [1.807, 2.05) is 17.4 Å². The highest BCUT2D eigenvalue weighted by Crippen LogP contribution is 2.43. The Kier molecular flexibility index (Phi) is 2.79. The fourth-order valence-electron chi connectivity index (χ4n) is 3.41. The molecule has 0 aromatic carbocycles. The van der Waals surface area contributed by atoms with Crippen LogP contribution in [0.4, 0.5) is 0 Å². The van der Waals surface area contributed by atoms with Gasteiger partial charge in [0.25, 0.3) is 0 Å². The van der Waals surface area contributed by atoms with Crippen LogP contribution in [-0.4, -0.2) is 4.98 Å². The predicted molar refractivity (Wildman–Crippen MR) is 80.7 cm³/mol. The van der Waals surface area contributed by atoms with Crippen LogP contribution in [0.1, 0.15) is 48.3 Å². The molecule has 0 amide bonds. The molecule has 0 spiro atoms. The minimum Gasteiger partial charge on any atom is -0.469 e. The third-order valence-electron chi connectivity index (χ3n) is 4.87. The number of hydrogen-bond donors (Lipinski definition) is 1. The maximum absolute atomic E-state index is 6.67. The third-order valence-corrected chi connectivity index (χ3v) is 6.20. The Balaban J connectivity index is 1.72. The summed E-state index contributed by atoms with van der Waals surface area (Å²) in [6, 6.07) is 2.04. The molecular weight excluding hydrogens is 268 g/mol. The zero-order valence-corrected chi connectivity index (χ0v) is 12.6. The maximum atomic E-state index is 6.67. The maximum Gasteiger partial charge on any atom is 0.113 e. The average Bonchev–Trinajstić information content (AvgIpc) is 3.06. The molecule has 0 unspecified atom stereocenters. The lowest BCUT2D eigenvalue weighted by Crippen LogP contribution is -2.40. The number of aromatic nitrogens is 1. The molecule has 0 bridgehead atoms. The van der Waals surface area contributed by atoms with Crippen LogP contribution >= 0.6 is 11.3 Å². The van der Waals surface area contributed by atoms with Crippen LogP contribution in [0.3, 0.4) is 0 Å². The lowest BCUT2D eigenvalue weighted by atomic mass is 9.78. The topological polar surface area (TPSA) is 52.0 Å². The second kappa shape index (κ2) is 4.43. The van der Waals surface area contributed by atoms with E-state index in [0.717, 1.165) is 48.1 Å². The van der Waals surface area contributed by atoms with Crippen molar-refractivity contribution in [3.63, 3.8) is 0 Å². The molecular formula is C16H20N2OS. The molecule has 1 fully saturated rings. The van der Waals surface area contributed by atoms with E-state index in [0.29, 0.717) is 0 Å². The van der Waals surface area contributed by atoms with Gasteiger partial charge in [0.1, 0.15) is 10.8 Å². The van der Waals surface area contributed by atoms with Gasteiger partial charge >= 0.3 is 0 Å². The van der Waals surface area contributed by atoms with Crippen molar-refractivity contribution in [3.05, 3.63) is 28.0 Å². The Labute approximate surface area is 123 Å². The summed E-state index contributed by atoms with van der Waals surface area (Å²) in [4.78, 5) is 6.30. The predicted octanol–water partition coefficient (Wildman–Crippen LogP) is 3.87. The van der Waals surface area contributed by atoms with E-state index < -0.39 is 0 Å². The van der Waals surface area contributed by atoms with Gasteiger partial charge in [-0.1, -0.05) is 6.92 Å². The van der Waals surface area contributed by atoms with E-state index in [1.54, 1.807) is 6.26 Å². The number of thiazole rings is 1. The molecule has 0 atom stereocenters. The van der Waals surface area contributed by atoms with E-state index in [2.05, 4.69) is 6.92 Å². The van der Waals surface area contributed by atoms with E-state index >= 15 is 0 Å². The molecule has 2 N–H and O–H groups in total. The van der Waals surface area contributed by atoms with Crippen molar-refractivity contribution in [2.45, 2.75) is 51.0 Å². The molecule has 2 aliphatic rings. The van der Waals surface area contributed by atoms with Gasteiger partial charge in [-0.15, -0.1) is 11.3 Å². The Morgan fingerprint density at radius 2 is 2.15 bits per heavy atom. The number of nitrogens with zero attached hydrogens (tertiary/aromatic N) is 1. The highest BCUT2D eigenvalue weighted by atomic mass is 32.1. The van der Waals surface area contributed by atoms with E-state index in [9.17, 15) is 0 Å². The van der Waals surface area contributed by atoms with Gasteiger partial charge in [-0.2, -0.15) is 0 Å². The molecule has 3 nitrogen and oxygen atoms in total. The number of nitrogens with two attached hydrogens (primary N) is 1. The smallest absolute Gasteiger partial charge is 0.113 e. The van der Waals surface area contributed by atoms with Gasteiger partial charge in [-0.25, -0.2) is 4.98 Å². The summed E-state index contributed by atoms with van der Waals surface area (Å²) in [5.41, 5.74) is 8.79. The van der Waals surface area contributed by atoms with Gasteiger partial charge < -0.3 is 10.2 Å². The second-order valence-corrected chi connectivity index (χ2v) is 7.47. The third kappa shape index (κ3) is 1.85. The summed E-state index contributed by atoms with van der Waals surface area (Å²) in [5.74, 6) is 1.89. The van der Waals surface area contributed by atoms with Crippen LogP contribution in [-0.2, 0) is 18.4 Å². The lowest BCUT2D eigenvalue weighted by Gasteiger charge is -2.34. The quantitative estimate of drug-likeness (QED) is 0.866. The molecule has 2 aromatic heterocycles. The van der Waals surface area contributed by atoms with Gasteiger partial charge in [0.15, 0.2) is 0 Å². The number of rotatable bonds is 1. The van der Waals surface area contributed by atoms with Gasteiger partial charge in [-0.3, -0.25) is 0 Å². The van der Waals surface area contributed by atoms with Crippen molar-refractivity contribution in [1.82, 2.24) is 4.98 Å². The van der Waals surface area contributed by atoms with Crippen molar-refractivity contribution in [2.75, 3.05) is 0 Å². The molecule has 0 radical (unpaired) electrons. The molecule has 0 saturated heterocycles. The van der Waals surface area contributed by atoms with Crippen molar-refractivity contribution in [3.8, 4) is 11.3 Å². The van der Waals surface area contributed by atoms with Crippen molar-refractivity contribution in [2.24, 2.45) is 11.7 Å². The molecule has 106 valence electrons. The van der Waals surface area contributed by atoms with Crippen molar-refractivity contribution < 1.29 is 4.42 Å². The van der Waals surface area contributed by atoms with Crippen LogP contribution in [0.15, 0.2) is 16.7 Å². The van der Waals surface area contributed by atoms with Crippen molar-refractivity contribution in [1.29, 1.82) is 0 Å². The Morgan fingerprint density at radius 3 is 2.95 bits per heavy atom. The number of hydrogen-bond acceptors (Lipinski definition) is 4. The van der Waals surface area contributed by atoms with E-state index in [1.165, 1.54) is 23.3 Å². The van der Waals surface area contributed by atoms with Gasteiger partial charge in [0.2, 0.25) is 0 Å². The average molecular weight is 288 g/mol. The van der Waals surface area contributed by atoms with Gasteiger partial charge in [-0.05, 0) is 44.1 Å². The summed E-state index contributed by atoms with van der Waals surface area (Å²) in [6.07, 6.45) is 8.39. The van der Waals surface area contributed by atoms with Crippen LogP contribution in [0.25, 0.3) is 11.3 Å². The fraction of sp³-hybridized carbons (Fsp3) is 0.562. The molecule has 20 heavy (non-hydrogen) atoms. The van der Waals surface area contributed by atoms with Gasteiger partial charge in [0.05, 0.1) is 17.5 Å². The lowest BCUT2D eigenvalue weighted by molar-refractivity contribution is 0.247. The molecule has 2 aliphatic carbocycles. The van der Waals surface area contributed by atoms with Crippen LogP contribution in [0.5, 0.6) is 0 Å². The number of furan rings is 1. The Morgan fingerprint density at radius 1 is 1.35 bits per heavy atom. The number of fused-ring (bicyclic) bond motifs is 3. The highest BCUT2D eigenvalue weighted by molar-refractivity contribution is 7.12. The van der Waals surface area contributed by atoms with Gasteiger partial charge in [0, 0.05) is 16.9 Å². The largest absolute Gasteiger partial charge is 0.469 e. The summed E-state index contributed by atoms with van der Waals surface area (Å²) in [6.45, 7) is 2.32. The summed E-state index contributed by atoms with van der Waals surface area (Å²) in [7, 11) is 0. The summed E-state index contributed by atoms with van der Waals surface area (Å²) in [5, 5.41) is 1.14. The molecule has 1 saturated carbocycles. The first kappa shape index (κ1) is 12.6. The minimum absolute atomic E-state index is 0.196. The Bertz CT molecular complexity index is 635. The molecule has 4 rings (SSSR count). The normalized spacial score (nSPS) is 29.0. The molecule has 2 aromatic rings. The number of aryl methyl sites for hydroxylation is 2. The zero-order valence-electron chi connectivity index (χ0n) is 11.8. The highest BCUT2D eigenvalue weighted by Gasteiger charge is 2.36. The molecule has 4 heteroatoms. The molecule has 0 aliphatic heterocycles. The Hall–Kier alpha value is -1.13. The van der Waals surface area contributed by atoms with Crippen LogP contribution in [0.2, 0.25) is 0 Å². The first-order chi connectivity index (χ1) is 9.66. The first-order valence-corrected chi connectivity index (χ1v) is 8.33. The standard InChI is InChI=1S/C16H20N2OS/c1-10-4-7-16(17,8-5-10)15-18-14-11-6-9-19-12(11)2-3-13(14)20-15/h6,9-10H,2-5,7-8,17H2,1H3. The molecule has 2 heterocycles. The fourth-order valence-corrected chi connectivity index (χ4v) is 4.64. The summed E-state index contributed by atoms with van der Waals surface area (Å²) < 4.78 is 5.54. The second-order valence-electron chi connectivity index (χ2n) is 6.39. The van der Waals surface area contributed by atoms with Crippen molar-refractivity contribution >= 4 is 11.3 Å².